The van der Waals surface area contributed by atoms with Crippen molar-refractivity contribution in [3.63, 3.8) is 0 Å². The first-order valence-corrected chi connectivity index (χ1v) is 3.77. The molecule has 12 heavy (non-hydrogen) atoms. The highest BCUT2D eigenvalue weighted by Crippen LogP contribution is 2.18. The van der Waals surface area contributed by atoms with E-state index in [4.69, 9.17) is 22.1 Å². The van der Waals surface area contributed by atoms with Crippen LogP contribution in [0.3, 0.4) is 0 Å². The van der Waals surface area contributed by atoms with E-state index >= 15 is 0 Å². The number of carboxylic acids is 1. The van der Waals surface area contributed by atoms with Crippen molar-refractivity contribution in [1.82, 2.24) is 0 Å². The van der Waals surface area contributed by atoms with Gasteiger partial charge in [0.1, 0.15) is 5.76 Å². The fourth-order valence-corrected chi connectivity index (χ4v) is 1.15. The second-order valence-corrected chi connectivity index (χ2v) is 2.85. The summed E-state index contributed by atoms with van der Waals surface area (Å²) in [5.74, 6) is -0.555. The minimum Gasteiger partial charge on any atom is -0.500 e. The van der Waals surface area contributed by atoms with Crippen molar-refractivity contribution in [2.24, 2.45) is 0 Å². The molecule has 0 fully saturated rings. The Morgan fingerprint density at radius 2 is 2.33 bits per heavy atom. The maximum Gasteiger partial charge on any atom is 0.339 e. The summed E-state index contributed by atoms with van der Waals surface area (Å²) < 4.78 is 4.90. The second-order valence-electron chi connectivity index (χ2n) is 2.32. The molecule has 0 saturated heterocycles. The third-order valence-electron chi connectivity index (χ3n) is 1.55. The van der Waals surface area contributed by atoms with Gasteiger partial charge in [-0.05, 0) is 12.2 Å². The van der Waals surface area contributed by atoms with Gasteiger partial charge in [-0.25, -0.2) is 4.79 Å². The van der Waals surface area contributed by atoms with Gasteiger partial charge in [0, 0.05) is 11.3 Å². The van der Waals surface area contributed by atoms with E-state index < -0.39 is 5.97 Å². The van der Waals surface area contributed by atoms with Gasteiger partial charge in [0.2, 0.25) is 0 Å². The minimum absolute atomic E-state index is 0.186. The van der Waals surface area contributed by atoms with Gasteiger partial charge < -0.3 is 9.84 Å². The van der Waals surface area contributed by atoms with Gasteiger partial charge in [0.05, 0.1) is 12.7 Å². The van der Waals surface area contributed by atoms with Crippen LogP contribution in [-0.4, -0.2) is 23.1 Å². The van der Waals surface area contributed by atoms with E-state index in [0.29, 0.717) is 17.0 Å². The Kier molecular flexibility index (Phi) is 2.60. The first-order chi connectivity index (χ1) is 5.65. The van der Waals surface area contributed by atoms with Gasteiger partial charge in [-0.1, -0.05) is 12.2 Å². The highest BCUT2D eigenvalue weighted by atomic mass is 32.1. The van der Waals surface area contributed by atoms with E-state index in [2.05, 4.69) is 0 Å². The van der Waals surface area contributed by atoms with Crippen LogP contribution in [-0.2, 0) is 9.53 Å². The number of methoxy groups -OCH3 is 1. The van der Waals surface area contributed by atoms with Crippen molar-refractivity contribution in [1.29, 1.82) is 0 Å². The van der Waals surface area contributed by atoms with Gasteiger partial charge in [-0.3, -0.25) is 0 Å². The molecular weight excluding hydrogens is 176 g/mol. The molecule has 1 rings (SSSR count). The molecule has 0 bridgehead atoms. The molecule has 0 amide bonds. The zero-order valence-corrected chi connectivity index (χ0v) is 7.35. The summed E-state index contributed by atoms with van der Waals surface area (Å²) >= 11 is 4.89. The number of rotatable bonds is 2. The topological polar surface area (TPSA) is 46.5 Å². The van der Waals surface area contributed by atoms with Crippen molar-refractivity contribution in [3.8, 4) is 0 Å². The van der Waals surface area contributed by atoms with Crippen LogP contribution in [0.2, 0.25) is 0 Å². The Labute approximate surface area is 75.3 Å². The first-order valence-electron chi connectivity index (χ1n) is 3.36. The summed E-state index contributed by atoms with van der Waals surface area (Å²) in [4.78, 5) is 11.3. The standard InChI is InChI=1S/C8H8O3S/c1-11-7-4-5(12)2-3-6(7)8(9)10/h2-3H,4H2,1H3,(H,9,10). The average Bonchev–Trinajstić information content (AvgIpc) is 2.03. The predicted molar refractivity (Wildman–Crippen MR) is 48.0 cm³/mol. The number of carboxylic acid groups (broad SMARTS) is 1. The second kappa shape index (κ2) is 3.49. The Hall–Kier alpha value is -1.16. The van der Waals surface area contributed by atoms with E-state index in [1.54, 1.807) is 6.08 Å². The molecule has 0 spiro atoms. The SMILES string of the molecule is COC1=C(C(=O)O)C=CC(=S)C1. The van der Waals surface area contributed by atoms with Gasteiger partial charge in [0.25, 0.3) is 0 Å². The van der Waals surface area contributed by atoms with E-state index in [9.17, 15) is 4.79 Å². The molecule has 0 atom stereocenters. The lowest BCUT2D eigenvalue weighted by atomic mass is 10.1. The predicted octanol–water partition coefficient (Wildman–Crippen LogP) is 1.30. The molecule has 64 valence electrons. The first kappa shape index (κ1) is 8.93. The van der Waals surface area contributed by atoms with Crippen molar-refractivity contribution < 1.29 is 14.6 Å². The Morgan fingerprint density at radius 3 is 2.83 bits per heavy atom. The number of aliphatic carboxylic acids is 1. The lowest BCUT2D eigenvalue weighted by Crippen LogP contribution is -2.10. The van der Waals surface area contributed by atoms with Crippen LogP contribution in [0.1, 0.15) is 6.42 Å². The maximum atomic E-state index is 10.6. The molecule has 0 saturated carbocycles. The number of hydrogen-bond donors (Lipinski definition) is 1. The normalized spacial score (nSPS) is 16.6. The third-order valence-corrected chi connectivity index (χ3v) is 1.83. The number of allylic oxidation sites excluding steroid dienone is 2. The monoisotopic (exact) mass is 184 g/mol. The van der Waals surface area contributed by atoms with Gasteiger partial charge in [0.15, 0.2) is 0 Å². The summed E-state index contributed by atoms with van der Waals surface area (Å²) in [7, 11) is 1.44. The highest BCUT2D eigenvalue weighted by molar-refractivity contribution is 7.80. The van der Waals surface area contributed by atoms with Gasteiger partial charge in [-0.15, -0.1) is 0 Å². The molecule has 0 unspecified atom stereocenters. The number of ether oxygens (including phenoxy) is 1. The van der Waals surface area contributed by atoms with E-state index in [1.165, 1.54) is 13.2 Å². The van der Waals surface area contributed by atoms with Crippen molar-refractivity contribution >= 4 is 23.1 Å². The van der Waals surface area contributed by atoms with Gasteiger partial charge >= 0.3 is 5.97 Å². The molecule has 1 aliphatic rings. The molecule has 4 heteroatoms. The van der Waals surface area contributed by atoms with Crippen molar-refractivity contribution in [2.45, 2.75) is 6.42 Å². The molecule has 0 aromatic carbocycles. The van der Waals surface area contributed by atoms with E-state index in [1.807, 2.05) is 0 Å². The zero-order valence-electron chi connectivity index (χ0n) is 6.53. The molecule has 0 radical (unpaired) electrons. The summed E-state index contributed by atoms with van der Waals surface area (Å²) in [6.45, 7) is 0. The van der Waals surface area contributed by atoms with Crippen LogP contribution in [0.4, 0.5) is 0 Å². The highest BCUT2D eigenvalue weighted by Gasteiger charge is 2.16. The third kappa shape index (κ3) is 1.71. The molecule has 0 aromatic heterocycles. The average molecular weight is 184 g/mol. The Balaban J connectivity index is 3.00. The van der Waals surface area contributed by atoms with Crippen LogP contribution >= 0.6 is 12.2 Å². The molecule has 0 heterocycles. The smallest absolute Gasteiger partial charge is 0.339 e. The quantitative estimate of drug-likeness (QED) is 0.657. The molecule has 0 aromatic rings. The summed E-state index contributed by atoms with van der Waals surface area (Å²) in [5.41, 5.74) is 0.186. The lowest BCUT2D eigenvalue weighted by molar-refractivity contribution is -0.132. The molecule has 1 N–H and O–H groups in total. The summed E-state index contributed by atoms with van der Waals surface area (Å²) in [6.07, 6.45) is 3.48. The molecule has 0 aliphatic heterocycles. The Morgan fingerprint density at radius 1 is 1.67 bits per heavy atom. The van der Waals surface area contributed by atoms with Crippen molar-refractivity contribution in [2.75, 3.05) is 7.11 Å². The van der Waals surface area contributed by atoms with Gasteiger partial charge in [-0.2, -0.15) is 0 Å². The minimum atomic E-state index is -0.981. The largest absolute Gasteiger partial charge is 0.500 e. The molecular formula is C8H8O3S. The summed E-state index contributed by atoms with van der Waals surface area (Å²) in [5, 5.41) is 8.69. The van der Waals surface area contributed by atoms with Crippen molar-refractivity contribution in [3.05, 3.63) is 23.5 Å². The van der Waals surface area contributed by atoms with Crippen LogP contribution < -0.4 is 0 Å². The molecule has 3 nitrogen and oxygen atoms in total. The van der Waals surface area contributed by atoms with Crippen LogP contribution in [0, 0.1) is 0 Å². The lowest BCUT2D eigenvalue weighted by Gasteiger charge is -2.11. The van der Waals surface area contributed by atoms with Crippen LogP contribution in [0.15, 0.2) is 23.5 Å². The summed E-state index contributed by atoms with van der Waals surface area (Å²) in [6, 6.07) is 0. The fraction of sp³-hybridized carbons (Fsp3) is 0.250. The van der Waals surface area contributed by atoms with E-state index in [-0.39, 0.29) is 5.57 Å². The van der Waals surface area contributed by atoms with Crippen LogP contribution in [0.5, 0.6) is 0 Å². The van der Waals surface area contributed by atoms with E-state index in [0.717, 1.165) is 0 Å². The number of thiocarbonyl (C=S) groups is 1. The number of hydrogen-bond acceptors (Lipinski definition) is 3. The fourth-order valence-electron chi connectivity index (χ4n) is 0.954. The van der Waals surface area contributed by atoms with Crippen LogP contribution in [0.25, 0.3) is 0 Å². The maximum absolute atomic E-state index is 10.6. The Bertz CT molecular complexity index is 289. The molecule has 1 aliphatic carbocycles. The number of carbonyl (C=O) groups is 1. The zero-order chi connectivity index (χ0) is 9.14.